The first-order valence-corrected chi connectivity index (χ1v) is 6.74. The Kier molecular flexibility index (Phi) is 2.89. The van der Waals surface area contributed by atoms with E-state index in [0.29, 0.717) is 0 Å². The number of nitrogens with zero attached hydrogens (tertiary/aromatic N) is 3. The number of rotatable bonds is 3. The smallest absolute Gasteiger partial charge is 0.329 e. The van der Waals surface area contributed by atoms with Crippen LogP contribution in [0.5, 0.6) is 0 Å². The predicted octanol–water partition coefficient (Wildman–Crippen LogP) is 1.43. The van der Waals surface area contributed by atoms with Crippen molar-refractivity contribution in [1.29, 1.82) is 0 Å². The van der Waals surface area contributed by atoms with Crippen molar-refractivity contribution in [2.24, 2.45) is 5.92 Å². The Morgan fingerprint density at radius 2 is 2.32 bits per heavy atom. The molecule has 2 heterocycles. The number of hydrogen-bond acceptors (Lipinski definition) is 5. The van der Waals surface area contributed by atoms with Crippen molar-refractivity contribution >= 4 is 28.5 Å². The van der Waals surface area contributed by atoms with Gasteiger partial charge in [0.15, 0.2) is 10.3 Å². The number of thiazole rings is 1. The fourth-order valence-electron chi connectivity index (χ4n) is 1.90. The first kappa shape index (κ1) is 12.3. The topological polar surface area (TPSA) is 62.7 Å². The molecule has 0 radical (unpaired) electrons. The molecule has 2 fully saturated rings. The third kappa shape index (κ3) is 2.27. The van der Waals surface area contributed by atoms with Crippen LogP contribution in [0, 0.1) is 11.0 Å². The van der Waals surface area contributed by atoms with Crippen LogP contribution >= 0.6 is 11.3 Å². The van der Waals surface area contributed by atoms with Crippen molar-refractivity contribution in [2.45, 2.75) is 19.1 Å². The number of ether oxygens (including phenoxy) is 1. The second kappa shape index (κ2) is 4.44. The zero-order valence-electron chi connectivity index (χ0n) is 10.2. The average Bonchev–Trinajstić information content (AvgIpc) is 3.07. The molecule has 2 amide bonds. The minimum atomic E-state index is -0.726. The molecule has 0 spiro atoms. The molecule has 1 aliphatic carbocycles. The summed E-state index contributed by atoms with van der Waals surface area (Å²) in [7, 11) is 1.60. The normalized spacial score (nSPS) is 23.1. The van der Waals surface area contributed by atoms with Crippen molar-refractivity contribution in [3.05, 3.63) is 11.3 Å². The largest absolute Gasteiger partial charge is 0.439 e. The van der Waals surface area contributed by atoms with Gasteiger partial charge >= 0.3 is 12.0 Å². The first-order valence-electron chi connectivity index (χ1n) is 5.92. The Hall–Kier alpha value is -1.70. The fraction of sp³-hybridized carbons (Fsp3) is 0.545. The SMILES string of the molecule is CN1CC(OC(=O)C2CC2)N(c2ncc(F)s2)C1=O. The van der Waals surface area contributed by atoms with E-state index in [2.05, 4.69) is 4.98 Å². The van der Waals surface area contributed by atoms with Crippen molar-refractivity contribution in [3.8, 4) is 0 Å². The second-order valence-corrected chi connectivity index (χ2v) is 5.61. The highest BCUT2D eigenvalue weighted by Gasteiger charge is 2.42. The molecule has 1 saturated heterocycles. The van der Waals surface area contributed by atoms with Gasteiger partial charge in [-0.25, -0.2) is 14.7 Å². The second-order valence-electron chi connectivity index (χ2n) is 4.65. The molecule has 0 aromatic carbocycles. The summed E-state index contributed by atoms with van der Waals surface area (Å²) in [6, 6.07) is -0.344. The summed E-state index contributed by atoms with van der Waals surface area (Å²) < 4.78 is 18.4. The lowest BCUT2D eigenvalue weighted by Crippen LogP contribution is -2.37. The average molecular weight is 285 g/mol. The summed E-state index contributed by atoms with van der Waals surface area (Å²) >= 11 is 0.755. The van der Waals surface area contributed by atoms with E-state index in [0.717, 1.165) is 30.4 Å². The molecular weight excluding hydrogens is 273 g/mol. The van der Waals surface area contributed by atoms with E-state index >= 15 is 0 Å². The van der Waals surface area contributed by atoms with Gasteiger partial charge in [0.05, 0.1) is 18.7 Å². The summed E-state index contributed by atoms with van der Waals surface area (Å²) in [6.07, 6.45) is 1.99. The molecule has 1 aromatic heterocycles. The third-order valence-electron chi connectivity index (χ3n) is 3.08. The van der Waals surface area contributed by atoms with Crippen LogP contribution in [0.3, 0.4) is 0 Å². The van der Waals surface area contributed by atoms with E-state index in [9.17, 15) is 14.0 Å². The lowest BCUT2D eigenvalue weighted by Gasteiger charge is -2.20. The number of urea groups is 1. The maximum absolute atomic E-state index is 13.0. The zero-order chi connectivity index (χ0) is 13.6. The Balaban J connectivity index is 1.80. The Morgan fingerprint density at radius 3 is 2.89 bits per heavy atom. The summed E-state index contributed by atoms with van der Waals surface area (Å²) in [6.45, 7) is 0.262. The molecule has 1 atom stereocenters. The lowest BCUT2D eigenvalue weighted by molar-refractivity contribution is -0.149. The molecule has 2 aliphatic rings. The van der Waals surface area contributed by atoms with Crippen molar-refractivity contribution in [1.82, 2.24) is 9.88 Å². The van der Waals surface area contributed by atoms with Crippen LogP contribution in [0.15, 0.2) is 6.20 Å². The van der Waals surface area contributed by atoms with Gasteiger partial charge in [0.2, 0.25) is 6.23 Å². The molecule has 6 nitrogen and oxygen atoms in total. The number of carbonyl (C=O) groups excluding carboxylic acids is 2. The molecule has 3 rings (SSSR count). The highest BCUT2D eigenvalue weighted by molar-refractivity contribution is 7.14. The number of halogens is 1. The number of esters is 1. The van der Waals surface area contributed by atoms with E-state index in [4.69, 9.17) is 4.74 Å². The summed E-state index contributed by atoms with van der Waals surface area (Å²) in [4.78, 5) is 30.2. The van der Waals surface area contributed by atoms with Crippen LogP contribution in [0.4, 0.5) is 14.3 Å². The van der Waals surface area contributed by atoms with Crippen molar-refractivity contribution < 1.29 is 18.7 Å². The molecule has 0 bridgehead atoms. The van der Waals surface area contributed by atoms with Crippen LogP contribution in [0.1, 0.15) is 12.8 Å². The van der Waals surface area contributed by atoms with Crippen molar-refractivity contribution in [2.75, 3.05) is 18.5 Å². The number of aromatic nitrogens is 1. The zero-order valence-corrected chi connectivity index (χ0v) is 11.0. The van der Waals surface area contributed by atoms with Crippen LogP contribution in [0.2, 0.25) is 0 Å². The summed E-state index contributed by atoms with van der Waals surface area (Å²) in [5, 5.41) is -0.273. The molecule has 19 heavy (non-hydrogen) atoms. The highest BCUT2D eigenvalue weighted by atomic mass is 32.1. The van der Waals surface area contributed by atoms with Gasteiger partial charge in [-0.05, 0) is 12.8 Å². The molecular formula is C11H12FN3O3S. The van der Waals surface area contributed by atoms with Crippen LogP contribution < -0.4 is 4.90 Å². The molecule has 1 aliphatic heterocycles. The Morgan fingerprint density at radius 1 is 1.58 bits per heavy atom. The Labute approximate surface area is 112 Å². The van der Waals surface area contributed by atoms with Gasteiger partial charge in [-0.3, -0.25) is 4.79 Å². The number of amides is 2. The molecule has 1 unspecified atom stereocenters. The molecule has 1 aromatic rings. The summed E-state index contributed by atoms with van der Waals surface area (Å²) in [5.41, 5.74) is 0. The molecule has 8 heteroatoms. The van der Waals surface area contributed by atoms with Gasteiger partial charge in [0.1, 0.15) is 0 Å². The number of carbonyl (C=O) groups is 2. The summed E-state index contributed by atoms with van der Waals surface area (Å²) in [5.74, 6) is -0.342. The van der Waals surface area contributed by atoms with E-state index in [1.165, 1.54) is 9.80 Å². The molecule has 102 valence electrons. The van der Waals surface area contributed by atoms with Crippen LogP contribution in [-0.2, 0) is 9.53 Å². The Bertz CT molecular complexity index is 531. The van der Waals surface area contributed by atoms with Gasteiger partial charge in [0.25, 0.3) is 0 Å². The molecule has 0 N–H and O–H groups in total. The number of anilines is 1. The van der Waals surface area contributed by atoms with Crippen LogP contribution in [-0.4, -0.2) is 41.7 Å². The number of hydrogen-bond donors (Lipinski definition) is 0. The van der Waals surface area contributed by atoms with E-state index in [-0.39, 0.29) is 29.6 Å². The maximum atomic E-state index is 13.0. The van der Waals surface area contributed by atoms with E-state index in [1.807, 2.05) is 0 Å². The first-order chi connectivity index (χ1) is 9.06. The standard InChI is InChI=1S/C11H12FN3O3S/c1-14-5-8(18-9(16)6-2-3-6)15(11(14)17)10-13-4-7(12)19-10/h4,6,8H,2-3,5H2,1H3. The monoisotopic (exact) mass is 285 g/mol. The van der Waals surface area contributed by atoms with Crippen molar-refractivity contribution in [3.63, 3.8) is 0 Å². The van der Waals surface area contributed by atoms with E-state index in [1.54, 1.807) is 7.05 Å². The third-order valence-corrected chi connectivity index (χ3v) is 3.87. The van der Waals surface area contributed by atoms with Gasteiger partial charge in [-0.2, -0.15) is 4.39 Å². The number of likely N-dealkylation sites (N-methyl/N-ethyl adjacent to an activating group) is 1. The van der Waals surface area contributed by atoms with Gasteiger partial charge in [-0.1, -0.05) is 11.3 Å². The maximum Gasteiger partial charge on any atom is 0.329 e. The minimum absolute atomic E-state index is 0.0455. The quantitative estimate of drug-likeness (QED) is 0.788. The highest BCUT2D eigenvalue weighted by Crippen LogP contribution is 2.33. The molecule has 1 saturated carbocycles. The predicted molar refractivity (Wildman–Crippen MR) is 65.2 cm³/mol. The minimum Gasteiger partial charge on any atom is -0.439 e. The fourth-order valence-corrected chi connectivity index (χ4v) is 2.58. The lowest BCUT2D eigenvalue weighted by atomic mass is 10.4. The van der Waals surface area contributed by atoms with Gasteiger partial charge in [0, 0.05) is 7.05 Å². The van der Waals surface area contributed by atoms with Gasteiger partial charge < -0.3 is 9.64 Å². The van der Waals surface area contributed by atoms with E-state index < -0.39 is 11.4 Å². The van der Waals surface area contributed by atoms with Crippen LogP contribution in [0.25, 0.3) is 0 Å². The van der Waals surface area contributed by atoms with Gasteiger partial charge in [-0.15, -0.1) is 0 Å².